The second-order valence-electron chi connectivity index (χ2n) is 4.97. The third-order valence-corrected chi connectivity index (χ3v) is 3.61. The molecule has 0 amide bonds. The first-order chi connectivity index (χ1) is 10.0. The lowest BCUT2D eigenvalue weighted by atomic mass is 9.97. The molecule has 0 aliphatic carbocycles. The molecule has 1 unspecified atom stereocenters. The lowest BCUT2D eigenvalue weighted by molar-refractivity contribution is -0.138. The second-order valence-corrected chi connectivity index (χ2v) is 4.97. The minimum atomic E-state index is -4.37. The molecule has 0 saturated heterocycles. The van der Waals surface area contributed by atoms with Gasteiger partial charge in [-0.15, -0.1) is 0 Å². The van der Waals surface area contributed by atoms with Gasteiger partial charge in [0, 0.05) is 13.0 Å². The summed E-state index contributed by atoms with van der Waals surface area (Å²) in [4.78, 5) is 4.30. The van der Waals surface area contributed by atoms with Crippen LogP contribution in [0.5, 0.6) is 0 Å². The van der Waals surface area contributed by atoms with Crippen LogP contribution in [0.25, 0.3) is 0 Å². The highest BCUT2D eigenvalue weighted by molar-refractivity contribution is 5.37. The van der Waals surface area contributed by atoms with E-state index in [1.54, 1.807) is 10.7 Å². The fraction of sp³-hybridized carbons (Fsp3) is 0.429. The molecule has 0 spiro atoms. The quantitative estimate of drug-likeness (QED) is 0.925. The molecule has 1 aliphatic rings. The fourth-order valence-electron chi connectivity index (χ4n) is 2.63. The van der Waals surface area contributed by atoms with Crippen LogP contribution in [0, 0.1) is 0 Å². The summed E-state index contributed by atoms with van der Waals surface area (Å²) in [5.41, 5.74) is -0.350. The highest BCUT2D eigenvalue weighted by Gasteiger charge is 2.36. The topological polar surface area (TPSA) is 42.7 Å². The summed E-state index contributed by atoms with van der Waals surface area (Å²) in [6.45, 7) is 2.50. The molecule has 1 N–H and O–H groups in total. The van der Waals surface area contributed by atoms with E-state index < -0.39 is 17.8 Å². The molecule has 0 radical (unpaired) electrons. The molecular formula is C14H15F3N4. The monoisotopic (exact) mass is 296 g/mol. The number of fused-ring (bicyclic) bond motifs is 1. The summed E-state index contributed by atoms with van der Waals surface area (Å²) >= 11 is 0. The molecule has 21 heavy (non-hydrogen) atoms. The van der Waals surface area contributed by atoms with Crippen LogP contribution in [-0.4, -0.2) is 21.3 Å². The molecule has 1 aromatic heterocycles. The number of hydrogen-bond donors (Lipinski definition) is 1. The summed E-state index contributed by atoms with van der Waals surface area (Å²) in [5.74, 6) is 1.17. The lowest BCUT2D eigenvalue weighted by Crippen LogP contribution is -2.26. The van der Waals surface area contributed by atoms with Crippen LogP contribution >= 0.6 is 0 Å². The first-order valence-electron chi connectivity index (χ1n) is 6.86. The van der Waals surface area contributed by atoms with E-state index in [2.05, 4.69) is 15.4 Å². The van der Waals surface area contributed by atoms with Gasteiger partial charge in [-0.25, -0.2) is 4.68 Å². The smallest absolute Gasteiger partial charge is 0.354 e. The van der Waals surface area contributed by atoms with Crippen LogP contribution < -0.4 is 5.32 Å². The lowest BCUT2D eigenvalue weighted by Gasteiger charge is -2.27. The van der Waals surface area contributed by atoms with Gasteiger partial charge in [-0.05, 0) is 18.1 Å². The summed E-state index contributed by atoms with van der Waals surface area (Å²) < 4.78 is 41.1. The van der Waals surface area contributed by atoms with E-state index in [4.69, 9.17) is 0 Å². The maximum Gasteiger partial charge on any atom is 0.416 e. The first-order valence-corrected chi connectivity index (χ1v) is 6.86. The van der Waals surface area contributed by atoms with Gasteiger partial charge in [-0.2, -0.15) is 23.3 Å². The van der Waals surface area contributed by atoms with E-state index in [0.29, 0.717) is 31.2 Å². The predicted octanol–water partition coefficient (Wildman–Crippen LogP) is 3.26. The number of benzene rings is 1. The Morgan fingerprint density at radius 3 is 2.81 bits per heavy atom. The van der Waals surface area contributed by atoms with E-state index in [9.17, 15) is 13.2 Å². The van der Waals surface area contributed by atoms with E-state index in [0.717, 1.165) is 6.07 Å². The van der Waals surface area contributed by atoms with Crippen molar-refractivity contribution in [2.75, 3.05) is 11.9 Å². The molecule has 1 aromatic carbocycles. The Kier molecular flexibility index (Phi) is 3.35. The van der Waals surface area contributed by atoms with Gasteiger partial charge in [0.2, 0.25) is 5.95 Å². The Bertz CT molecular complexity index is 648. The number of halogens is 3. The van der Waals surface area contributed by atoms with Gasteiger partial charge in [0.15, 0.2) is 5.82 Å². The molecule has 2 aromatic rings. The molecule has 3 rings (SSSR count). The average Bonchev–Trinajstić information content (AvgIpc) is 2.89. The fourth-order valence-corrected chi connectivity index (χ4v) is 2.63. The Morgan fingerprint density at radius 1 is 1.33 bits per heavy atom. The van der Waals surface area contributed by atoms with Crippen LogP contribution in [0.15, 0.2) is 24.3 Å². The number of nitrogens with one attached hydrogen (secondary N) is 1. The normalized spacial score (nSPS) is 18.2. The molecule has 0 saturated carbocycles. The first kappa shape index (κ1) is 13.9. The van der Waals surface area contributed by atoms with Crippen LogP contribution in [-0.2, 0) is 12.6 Å². The number of aromatic nitrogens is 3. The van der Waals surface area contributed by atoms with E-state index >= 15 is 0 Å². The van der Waals surface area contributed by atoms with Gasteiger partial charge in [-0.1, -0.05) is 25.1 Å². The Labute approximate surface area is 120 Å². The molecule has 0 fully saturated rings. The van der Waals surface area contributed by atoms with Crippen molar-refractivity contribution in [3.05, 3.63) is 41.2 Å². The van der Waals surface area contributed by atoms with Gasteiger partial charge < -0.3 is 5.32 Å². The molecular weight excluding hydrogens is 281 g/mol. The summed E-state index contributed by atoms with van der Waals surface area (Å²) in [7, 11) is 0. The zero-order valence-electron chi connectivity index (χ0n) is 11.5. The Morgan fingerprint density at radius 2 is 2.10 bits per heavy atom. The van der Waals surface area contributed by atoms with Gasteiger partial charge >= 0.3 is 6.18 Å². The van der Waals surface area contributed by atoms with Crippen molar-refractivity contribution in [1.29, 1.82) is 0 Å². The van der Waals surface area contributed by atoms with Crippen molar-refractivity contribution in [2.24, 2.45) is 0 Å². The molecule has 7 heteroatoms. The van der Waals surface area contributed by atoms with Gasteiger partial charge in [-0.3, -0.25) is 0 Å². The minimum absolute atomic E-state index is 0.250. The van der Waals surface area contributed by atoms with E-state index in [-0.39, 0.29) is 5.56 Å². The molecule has 112 valence electrons. The molecule has 2 heterocycles. The number of nitrogens with zero attached hydrogens (tertiary/aromatic N) is 3. The summed E-state index contributed by atoms with van der Waals surface area (Å²) in [6, 6.07) is 5.24. The maximum atomic E-state index is 13.2. The van der Waals surface area contributed by atoms with E-state index in [1.807, 2.05) is 6.92 Å². The van der Waals surface area contributed by atoms with Crippen molar-refractivity contribution in [2.45, 2.75) is 32.0 Å². The molecule has 4 nitrogen and oxygen atoms in total. The number of alkyl halides is 3. The largest absolute Gasteiger partial charge is 0.416 e. The molecule has 1 atom stereocenters. The average molecular weight is 296 g/mol. The van der Waals surface area contributed by atoms with E-state index in [1.165, 1.54) is 12.1 Å². The Balaban J connectivity index is 2.09. The summed E-state index contributed by atoms with van der Waals surface area (Å²) in [6.07, 6.45) is -3.17. The third-order valence-electron chi connectivity index (χ3n) is 3.61. The molecule has 0 bridgehead atoms. The van der Waals surface area contributed by atoms with Gasteiger partial charge in [0.1, 0.15) is 0 Å². The van der Waals surface area contributed by atoms with Crippen LogP contribution in [0.1, 0.15) is 36.3 Å². The number of anilines is 1. The van der Waals surface area contributed by atoms with Crippen molar-refractivity contribution >= 4 is 5.95 Å². The van der Waals surface area contributed by atoms with Crippen molar-refractivity contribution in [3.63, 3.8) is 0 Å². The van der Waals surface area contributed by atoms with Crippen molar-refractivity contribution in [3.8, 4) is 0 Å². The number of rotatable bonds is 2. The van der Waals surface area contributed by atoms with Gasteiger partial charge in [0.05, 0.1) is 11.6 Å². The second kappa shape index (κ2) is 5.05. The zero-order valence-corrected chi connectivity index (χ0v) is 11.5. The van der Waals surface area contributed by atoms with Crippen molar-refractivity contribution < 1.29 is 13.2 Å². The molecule has 1 aliphatic heterocycles. The summed E-state index contributed by atoms with van der Waals surface area (Å²) in [5, 5.41) is 7.41. The van der Waals surface area contributed by atoms with Crippen molar-refractivity contribution in [1.82, 2.24) is 14.8 Å². The van der Waals surface area contributed by atoms with Gasteiger partial charge in [0.25, 0.3) is 0 Å². The minimum Gasteiger partial charge on any atom is -0.354 e. The SMILES string of the molecule is CCc1nc2n(n1)C(c1ccccc1C(F)(F)F)CCN2. The highest BCUT2D eigenvalue weighted by atomic mass is 19.4. The predicted molar refractivity (Wildman–Crippen MR) is 72.1 cm³/mol. The number of hydrogen-bond acceptors (Lipinski definition) is 3. The van der Waals surface area contributed by atoms with Crippen LogP contribution in [0.4, 0.5) is 19.1 Å². The maximum absolute atomic E-state index is 13.2. The zero-order chi connectivity index (χ0) is 15.0. The van der Waals surface area contributed by atoms with Crippen LogP contribution in [0.3, 0.4) is 0 Å². The van der Waals surface area contributed by atoms with Crippen LogP contribution in [0.2, 0.25) is 0 Å². The Hall–Kier alpha value is -2.05. The number of aryl methyl sites for hydroxylation is 1. The third kappa shape index (κ3) is 2.48. The standard InChI is InChI=1S/C14H15F3N4/c1-2-12-19-13-18-8-7-11(21(13)20-12)9-5-3-4-6-10(9)14(15,16)17/h3-6,11H,2,7-8H2,1H3,(H,18,19,20). The highest BCUT2D eigenvalue weighted by Crippen LogP contribution is 2.38.